The lowest BCUT2D eigenvalue weighted by Gasteiger charge is -2.21. The minimum Gasteiger partial charge on any atom is -0.457 e. The van der Waals surface area contributed by atoms with Crippen LogP contribution in [0, 0.1) is 0 Å². The van der Waals surface area contributed by atoms with E-state index in [0.29, 0.717) is 34.2 Å². The van der Waals surface area contributed by atoms with E-state index in [1.54, 1.807) is 36.4 Å². The van der Waals surface area contributed by atoms with Crippen LogP contribution in [0.15, 0.2) is 48.5 Å². The number of hydrogen-bond donors (Lipinski definition) is 2. The van der Waals surface area contributed by atoms with Crippen LogP contribution in [0.4, 0.5) is 0 Å². The largest absolute Gasteiger partial charge is 0.457 e. The van der Waals surface area contributed by atoms with Gasteiger partial charge in [0.05, 0.1) is 0 Å². The molecule has 5 heteroatoms. The van der Waals surface area contributed by atoms with Crippen molar-refractivity contribution in [2.75, 3.05) is 0 Å². The second-order valence-electron chi connectivity index (χ2n) is 6.45. The Hall–Kier alpha value is -2.04. The van der Waals surface area contributed by atoms with Gasteiger partial charge in [-0.25, -0.2) is 0 Å². The van der Waals surface area contributed by atoms with Gasteiger partial charge in [-0.3, -0.25) is 4.79 Å². The first kappa shape index (κ1) is 15.5. The average Bonchev–Trinajstić information content (AvgIpc) is 3.18. The third-order valence-electron chi connectivity index (χ3n) is 4.76. The Kier molecular flexibility index (Phi) is 4.17. The van der Waals surface area contributed by atoms with Crippen molar-refractivity contribution < 1.29 is 9.53 Å². The first-order chi connectivity index (χ1) is 11.7. The molecule has 2 fully saturated rings. The molecule has 24 heavy (non-hydrogen) atoms. The molecule has 2 N–H and O–H groups in total. The topological polar surface area (TPSA) is 50.4 Å². The fourth-order valence-electron chi connectivity index (χ4n) is 3.58. The van der Waals surface area contributed by atoms with Gasteiger partial charge in [0.2, 0.25) is 0 Å². The highest BCUT2D eigenvalue weighted by molar-refractivity contribution is 6.30. The Morgan fingerprint density at radius 2 is 1.96 bits per heavy atom. The molecule has 4 nitrogen and oxygen atoms in total. The van der Waals surface area contributed by atoms with E-state index in [4.69, 9.17) is 16.3 Å². The summed E-state index contributed by atoms with van der Waals surface area (Å²) in [6, 6.07) is 15.7. The smallest absolute Gasteiger partial charge is 0.251 e. The third kappa shape index (κ3) is 3.25. The van der Waals surface area contributed by atoms with Crippen LogP contribution in [-0.4, -0.2) is 24.0 Å². The Morgan fingerprint density at radius 1 is 1.12 bits per heavy atom. The first-order valence-corrected chi connectivity index (χ1v) is 8.65. The van der Waals surface area contributed by atoms with E-state index in [9.17, 15) is 4.79 Å². The summed E-state index contributed by atoms with van der Waals surface area (Å²) in [7, 11) is 0. The lowest BCUT2D eigenvalue weighted by molar-refractivity contribution is 0.0931. The number of benzene rings is 2. The molecule has 2 heterocycles. The molecular weight excluding hydrogens is 324 g/mol. The predicted molar refractivity (Wildman–Crippen MR) is 93.8 cm³/mol. The van der Waals surface area contributed by atoms with Crippen LogP contribution in [0.3, 0.4) is 0 Å². The number of fused-ring (bicyclic) bond motifs is 2. The highest BCUT2D eigenvalue weighted by Crippen LogP contribution is 2.28. The fourth-order valence-corrected chi connectivity index (χ4v) is 3.76. The molecule has 3 unspecified atom stereocenters. The molecule has 0 aliphatic carbocycles. The first-order valence-electron chi connectivity index (χ1n) is 8.28. The van der Waals surface area contributed by atoms with E-state index in [-0.39, 0.29) is 11.9 Å². The zero-order valence-electron chi connectivity index (χ0n) is 13.2. The second-order valence-corrected chi connectivity index (χ2v) is 6.88. The van der Waals surface area contributed by atoms with Crippen molar-refractivity contribution in [1.29, 1.82) is 0 Å². The van der Waals surface area contributed by atoms with Crippen molar-refractivity contribution in [3.05, 3.63) is 59.1 Å². The molecule has 0 saturated carbocycles. The van der Waals surface area contributed by atoms with Crippen molar-refractivity contribution >= 4 is 17.5 Å². The second kappa shape index (κ2) is 6.46. The normalized spacial score (nSPS) is 24.8. The van der Waals surface area contributed by atoms with Gasteiger partial charge in [0.15, 0.2) is 0 Å². The molecule has 0 radical (unpaired) electrons. The van der Waals surface area contributed by atoms with Gasteiger partial charge in [0, 0.05) is 28.7 Å². The van der Waals surface area contributed by atoms with Crippen LogP contribution >= 0.6 is 11.6 Å². The Balaban J connectivity index is 1.39. The monoisotopic (exact) mass is 342 g/mol. The highest BCUT2D eigenvalue weighted by Gasteiger charge is 2.39. The van der Waals surface area contributed by atoms with Gasteiger partial charge in [0.1, 0.15) is 11.5 Å². The summed E-state index contributed by atoms with van der Waals surface area (Å²) in [5, 5.41) is 7.30. The molecule has 0 aromatic heterocycles. The van der Waals surface area contributed by atoms with E-state index in [1.165, 1.54) is 6.42 Å². The number of halogens is 1. The summed E-state index contributed by atoms with van der Waals surface area (Å²) in [4.78, 5) is 12.4. The van der Waals surface area contributed by atoms with Crippen LogP contribution in [0.2, 0.25) is 5.02 Å². The summed E-state index contributed by atoms with van der Waals surface area (Å²) in [5.41, 5.74) is 0.649. The predicted octanol–water partition coefficient (Wildman–Crippen LogP) is 3.76. The molecule has 4 rings (SSSR count). The zero-order valence-corrected chi connectivity index (χ0v) is 13.9. The van der Waals surface area contributed by atoms with Gasteiger partial charge < -0.3 is 15.4 Å². The quantitative estimate of drug-likeness (QED) is 0.889. The summed E-state index contributed by atoms with van der Waals surface area (Å²) in [6.07, 6.45) is 3.42. The van der Waals surface area contributed by atoms with Crippen molar-refractivity contribution in [1.82, 2.24) is 10.6 Å². The van der Waals surface area contributed by atoms with Crippen LogP contribution in [0.25, 0.3) is 0 Å². The van der Waals surface area contributed by atoms with Crippen molar-refractivity contribution in [3.8, 4) is 11.5 Å². The van der Waals surface area contributed by atoms with E-state index in [1.807, 2.05) is 12.1 Å². The van der Waals surface area contributed by atoms with Gasteiger partial charge in [0.25, 0.3) is 5.91 Å². The zero-order chi connectivity index (χ0) is 16.5. The number of carbonyl (C=O) groups excluding carboxylic acids is 1. The van der Waals surface area contributed by atoms with Crippen molar-refractivity contribution in [2.24, 2.45) is 0 Å². The Labute approximate surface area is 146 Å². The number of hydrogen-bond acceptors (Lipinski definition) is 3. The van der Waals surface area contributed by atoms with E-state index in [2.05, 4.69) is 10.6 Å². The number of nitrogens with one attached hydrogen (secondary N) is 2. The van der Waals surface area contributed by atoms with Crippen molar-refractivity contribution in [3.63, 3.8) is 0 Å². The molecule has 2 saturated heterocycles. The molecule has 3 atom stereocenters. The lowest BCUT2D eigenvalue weighted by Crippen LogP contribution is -2.42. The molecule has 2 aromatic carbocycles. The summed E-state index contributed by atoms with van der Waals surface area (Å²) in [5.74, 6) is 1.33. The van der Waals surface area contributed by atoms with E-state index in [0.717, 1.165) is 12.8 Å². The van der Waals surface area contributed by atoms with Gasteiger partial charge >= 0.3 is 0 Å². The maximum Gasteiger partial charge on any atom is 0.251 e. The SMILES string of the molecule is O=C(NC1CC2CCC1N2)c1ccc(Oc2cccc(Cl)c2)cc1. The van der Waals surface area contributed by atoms with Crippen LogP contribution in [0.5, 0.6) is 11.5 Å². The summed E-state index contributed by atoms with van der Waals surface area (Å²) in [6.45, 7) is 0. The number of carbonyl (C=O) groups is 1. The number of amides is 1. The summed E-state index contributed by atoms with van der Waals surface area (Å²) >= 11 is 5.95. The summed E-state index contributed by atoms with van der Waals surface area (Å²) < 4.78 is 5.74. The van der Waals surface area contributed by atoms with E-state index < -0.39 is 0 Å². The van der Waals surface area contributed by atoms with Crippen LogP contribution in [-0.2, 0) is 0 Å². The molecular formula is C19H19ClN2O2. The Morgan fingerprint density at radius 3 is 2.62 bits per heavy atom. The van der Waals surface area contributed by atoms with Gasteiger partial charge in [-0.05, 0) is 61.7 Å². The molecule has 2 bridgehead atoms. The van der Waals surface area contributed by atoms with Crippen LogP contribution in [0.1, 0.15) is 29.6 Å². The average molecular weight is 343 g/mol. The van der Waals surface area contributed by atoms with Gasteiger partial charge in [-0.2, -0.15) is 0 Å². The van der Waals surface area contributed by atoms with Crippen LogP contribution < -0.4 is 15.4 Å². The molecule has 124 valence electrons. The molecule has 2 aromatic rings. The van der Waals surface area contributed by atoms with Gasteiger partial charge in [-0.15, -0.1) is 0 Å². The fraction of sp³-hybridized carbons (Fsp3) is 0.316. The lowest BCUT2D eigenvalue weighted by atomic mass is 9.95. The van der Waals surface area contributed by atoms with Gasteiger partial charge in [-0.1, -0.05) is 17.7 Å². The number of ether oxygens (including phenoxy) is 1. The van der Waals surface area contributed by atoms with E-state index >= 15 is 0 Å². The molecule has 0 spiro atoms. The standard InChI is InChI=1S/C19H19ClN2O2/c20-13-2-1-3-16(10-13)24-15-7-4-12(5-8-15)19(23)22-18-11-14-6-9-17(18)21-14/h1-5,7-8,10,14,17-18,21H,6,9,11H2,(H,22,23). The minimum atomic E-state index is -0.0244. The molecule has 1 amide bonds. The highest BCUT2D eigenvalue weighted by atomic mass is 35.5. The Bertz CT molecular complexity index is 747. The molecule has 2 aliphatic heterocycles. The van der Waals surface area contributed by atoms with Crippen molar-refractivity contribution in [2.45, 2.75) is 37.4 Å². The minimum absolute atomic E-state index is 0.0244. The number of rotatable bonds is 4. The maximum absolute atomic E-state index is 12.4. The molecule has 2 aliphatic rings. The maximum atomic E-state index is 12.4. The third-order valence-corrected chi connectivity index (χ3v) is 5.00.